The number of furan rings is 1. The molecule has 0 radical (unpaired) electrons. The van der Waals surface area contributed by atoms with Crippen LogP contribution < -0.4 is 10.6 Å². The van der Waals surface area contributed by atoms with Gasteiger partial charge in [0, 0.05) is 38.9 Å². The van der Waals surface area contributed by atoms with Gasteiger partial charge in [0.05, 0.1) is 0 Å². The van der Waals surface area contributed by atoms with E-state index in [1.54, 1.807) is 11.8 Å². The third-order valence-corrected chi connectivity index (χ3v) is 4.42. The molecule has 0 aromatic carbocycles. The van der Waals surface area contributed by atoms with Gasteiger partial charge in [-0.1, -0.05) is 0 Å². The van der Waals surface area contributed by atoms with E-state index >= 15 is 0 Å². The maximum atomic E-state index is 12.2. The molecule has 1 spiro atoms. The highest BCUT2D eigenvalue weighted by Crippen LogP contribution is 2.29. The molecule has 3 amide bonds. The number of likely N-dealkylation sites (tertiary alicyclic amines) is 1. The van der Waals surface area contributed by atoms with Gasteiger partial charge in [-0.3, -0.25) is 4.79 Å². The van der Waals surface area contributed by atoms with Crippen molar-refractivity contribution in [2.75, 3.05) is 19.6 Å². The van der Waals surface area contributed by atoms with Crippen molar-refractivity contribution in [2.24, 2.45) is 0 Å². The van der Waals surface area contributed by atoms with E-state index in [1.165, 1.54) is 0 Å². The average Bonchev–Trinajstić information content (AvgIpc) is 3.04. The highest BCUT2D eigenvalue weighted by molar-refractivity contribution is 5.83. The summed E-state index contributed by atoms with van der Waals surface area (Å²) in [5.74, 6) is 1.67. The number of hydrogen-bond acceptors (Lipinski definition) is 4. The van der Waals surface area contributed by atoms with Crippen LogP contribution in [0.4, 0.5) is 4.79 Å². The topological polar surface area (TPSA) is 83.8 Å². The number of nitrogens with zero attached hydrogens (tertiary/aromatic N) is 1. The molecule has 1 aromatic rings. The van der Waals surface area contributed by atoms with Gasteiger partial charge < -0.3 is 24.7 Å². The van der Waals surface area contributed by atoms with Crippen molar-refractivity contribution < 1.29 is 18.7 Å². The molecular weight excluding hydrogens is 298 g/mol. The number of aryl methyl sites for hydroxylation is 1. The van der Waals surface area contributed by atoms with Gasteiger partial charge in [-0.25, -0.2) is 4.79 Å². The fourth-order valence-electron chi connectivity index (χ4n) is 3.09. The first-order chi connectivity index (χ1) is 11.0. The van der Waals surface area contributed by atoms with Gasteiger partial charge in [-0.15, -0.1) is 0 Å². The van der Waals surface area contributed by atoms with Crippen molar-refractivity contribution in [1.29, 1.82) is 0 Å². The summed E-state index contributed by atoms with van der Waals surface area (Å²) in [6.07, 6.45) is 1.50. The third-order valence-electron chi connectivity index (χ3n) is 4.42. The van der Waals surface area contributed by atoms with Crippen LogP contribution in [0.25, 0.3) is 0 Å². The zero-order valence-electron chi connectivity index (χ0n) is 13.6. The summed E-state index contributed by atoms with van der Waals surface area (Å²) in [5.41, 5.74) is -0.584. The SMILES string of the molecule is Cc1ccc(CCNC(=O)N2CCC3(CC2)NC(=O)C(C)O3)o1. The van der Waals surface area contributed by atoms with Crippen molar-refractivity contribution >= 4 is 11.9 Å². The number of ether oxygens (including phenoxy) is 1. The molecule has 2 saturated heterocycles. The Kier molecular flexibility index (Phi) is 4.30. The Morgan fingerprint density at radius 3 is 2.74 bits per heavy atom. The number of rotatable bonds is 3. The van der Waals surface area contributed by atoms with E-state index in [4.69, 9.17) is 9.15 Å². The van der Waals surface area contributed by atoms with E-state index in [0.717, 1.165) is 11.5 Å². The van der Waals surface area contributed by atoms with E-state index in [-0.39, 0.29) is 11.9 Å². The number of amides is 3. The van der Waals surface area contributed by atoms with E-state index < -0.39 is 11.8 Å². The highest BCUT2D eigenvalue weighted by Gasteiger charge is 2.45. The Morgan fingerprint density at radius 2 is 2.17 bits per heavy atom. The fraction of sp³-hybridized carbons (Fsp3) is 0.625. The summed E-state index contributed by atoms with van der Waals surface area (Å²) < 4.78 is 11.2. The molecule has 2 fully saturated rings. The number of carbonyl (C=O) groups excluding carboxylic acids is 2. The average molecular weight is 321 g/mol. The molecule has 2 N–H and O–H groups in total. The fourth-order valence-corrected chi connectivity index (χ4v) is 3.09. The molecule has 7 nitrogen and oxygen atoms in total. The molecule has 1 unspecified atom stereocenters. The number of hydrogen-bond donors (Lipinski definition) is 2. The number of piperidine rings is 1. The molecule has 2 aliphatic rings. The van der Waals surface area contributed by atoms with Gasteiger partial charge in [-0.05, 0) is 26.0 Å². The summed E-state index contributed by atoms with van der Waals surface area (Å²) >= 11 is 0. The van der Waals surface area contributed by atoms with Crippen LogP contribution >= 0.6 is 0 Å². The van der Waals surface area contributed by atoms with E-state index in [9.17, 15) is 9.59 Å². The molecule has 2 aliphatic heterocycles. The molecule has 7 heteroatoms. The molecule has 126 valence electrons. The Morgan fingerprint density at radius 1 is 1.43 bits per heavy atom. The molecule has 0 saturated carbocycles. The summed E-state index contributed by atoms with van der Waals surface area (Å²) in [6, 6.07) is 3.76. The van der Waals surface area contributed by atoms with Gasteiger partial charge in [0.2, 0.25) is 0 Å². The standard InChI is InChI=1S/C16H23N3O4/c1-11-3-4-13(22-11)5-8-17-15(21)19-9-6-16(7-10-19)18-14(20)12(2)23-16/h3-4,12H,5-10H2,1-2H3,(H,17,21)(H,18,20). The largest absolute Gasteiger partial charge is 0.466 e. The van der Waals surface area contributed by atoms with Crippen molar-refractivity contribution in [3.05, 3.63) is 23.7 Å². The van der Waals surface area contributed by atoms with Gasteiger partial charge in [0.25, 0.3) is 5.91 Å². The lowest BCUT2D eigenvalue weighted by molar-refractivity contribution is -0.123. The van der Waals surface area contributed by atoms with E-state index in [0.29, 0.717) is 38.9 Å². The zero-order chi connectivity index (χ0) is 16.4. The lowest BCUT2D eigenvalue weighted by Gasteiger charge is -2.38. The summed E-state index contributed by atoms with van der Waals surface area (Å²) in [4.78, 5) is 25.5. The summed E-state index contributed by atoms with van der Waals surface area (Å²) in [7, 11) is 0. The summed E-state index contributed by atoms with van der Waals surface area (Å²) in [6.45, 7) is 5.32. The Bertz CT molecular complexity index is 590. The van der Waals surface area contributed by atoms with Crippen LogP contribution in [-0.4, -0.2) is 48.3 Å². The minimum absolute atomic E-state index is 0.0726. The first-order valence-electron chi connectivity index (χ1n) is 8.05. The van der Waals surface area contributed by atoms with Crippen molar-refractivity contribution in [2.45, 2.75) is 44.9 Å². The lowest BCUT2D eigenvalue weighted by atomic mass is 10.0. The van der Waals surface area contributed by atoms with Crippen LogP contribution in [-0.2, 0) is 16.0 Å². The number of urea groups is 1. The second kappa shape index (κ2) is 6.23. The van der Waals surface area contributed by atoms with Gasteiger partial charge in [0.15, 0.2) is 0 Å². The molecule has 0 bridgehead atoms. The Hall–Kier alpha value is -2.02. The molecule has 0 aliphatic carbocycles. The molecule has 3 heterocycles. The molecule has 23 heavy (non-hydrogen) atoms. The second-order valence-electron chi connectivity index (χ2n) is 6.22. The van der Waals surface area contributed by atoms with Gasteiger partial charge in [-0.2, -0.15) is 0 Å². The maximum Gasteiger partial charge on any atom is 0.317 e. The molecular formula is C16H23N3O4. The first kappa shape index (κ1) is 15.9. The minimum atomic E-state index is -0.584. The normalized spacial score (nSPS) is 23.1. The summed E-state index contributed by atoms with van der Waals surface area (Å²) in [5, 5.41) is 5.82. The number of carbonyl (C=O) groups is 2. The molecule has 3 rings (SSSR count). The molecule has 1 atom stereocenters. The predicted octanol–water partition coefficient (Wildman–Crippen LogP) is 1.17. The van der Waals surface area contributed by atoms with Crippen LogP contribution in [0.15, 0.2) is 16.5 Å². The lowest BCUT2D eigenvalue weighted by Crippen LogP contribution is -2.54. The Balaban J connectivity index is 1.42. The first-order valence-corrected chi connectivity index (χ1v) is 8.05. The van der Waals surface area contributed by atoms with Gasteiger partial charge >= 0.3 is 6.03 Å². The maximum absolute atomic E-state index is 12.2. The van der Waals surface area contributed by atoms with Crippen LogP contribution in [0, 0.1) is 6.92 Å². The number of nitrogens with one attached hydrogen (secondary N) is 2. The van der Waals surface area contributed by atoms with E-state index in [2.05, 4.69) is 10.6 Å². The minimum Gasteiger partial charge on any atom is -0.466 e. The molecule has 1 aromatic heterocycles. The predicted molar refractivity (Wildman–Crippen MR) is 82.8 cm³/mol. The van der Waals surface area contributed by atoms with Crippen LogP contribution in [0.1, 0.15) is 31.3 Å². The van der Waals surface area contributed by atoms with Crippen molar-refractivity contribution in [1.82, 2.24) is 15.5 Å². The van der Waals surface area contributed by atoms with E-state index in [1.807, 2.05) is 19.1 Å². The Labute approximate surface area is 135 Å². The van der Waals surface area contributed by atoms with Gasteiger partial charge in [0.1, 0.15) is 23.3 Å². The van der Waals surface area contributed by atoms with Crippen LogP contribution in [0.3, 0.4) is 0 Å². The van der Waals surface area contributed by atoms with Crippen molar-refractivity contribution in [3.63, 3.8) is 0 Å². The third kappa shape index (κ3) is 3.50. The van der Waals surface area contributed by atoms with Crippen LogP contribution in [0.5, 0.6) is 0 Å². The quantitative estimate of drug-likeness (QED) is 0.875. The van der Waals surface area contributed by atoms with Crippen molar-refractivity contribution in [3.8, 4) is 0 Å². The zero-order valence-corrected chi connectivity index (χ0v) is 13.6. The highest BCUT2D eigenvalue weighted by atomic mass is 16.5. The van der Waals surface area contributed by atoms with Crippen LogP contribution in [0.2, 0.25) is 0 Å². The smallest absolute Gasteiger partial charge is 0.317 e. The second-order valence-corrected chi connectivity index (χ2v) is 6.22. The monoisotopic (exact) mass is 321 g/mol.